The van der Waals surface area contributed by atoms with E-state index < -0.39 is 30.4 Å². The summed E-state index contributed by atoms with van der Waals surface area (Å²) in [6, 6.07) is 9.01. The van der Waals surface area contributed by atoms with E-state index in [4.69, 9.17) is 9.84 Å². The fourth-order valence-corrected chi connectivity index (χ4v) is 1.96. The number of aliphatic hydroxyl groups is 2. The Hall–Kier alpha value is -1.69. The van der Waals surface area contributed by atoms with Gasteiger partial charge in [-0.3, -0.25) is 0 Å². The lowest BCUT2D eigenvalue weighted by molar-refractivity contribution is -0.131. The van der Waals surface area contributed by atoms with Gasteiger partial charge in [-0.1, -0.05) is 30.3 Å². The average molecular weight is 250 g/mol. The Kier molecular flexibility index (Phi) is 3.76. The lowest BCUT2D eigenvalue weighted by Gasteiger charge is -2.14. The standard InChI is InChI=1S/C13H14O5/c14-10(15)7-6-9-11(16)12(17)13(18-9)8-4-2-1-3-5-8/h1-7,9,11-13,16-17H,(H,14,15)/b7-6-/t9-,11+,12-,13+/m0/s1. The van der Waals surface area contributed by atoms with Crippen molar-refractivity contribution in [2.75, 3.05) is 0 Å². The minimum Gasteiger partial charge on any atom is -0.478 e. The first-order valence-corrected chi connectivity index (χ1v) is 5.57. The average Bonchev–Trinajstić information content (AvgIpc) is 2.65. The maximum atomic E-state index is 10.4. The quantitative estimate of drug-likeness (QED) is 0.679. The molecule has 1 heterocycles. The minimum absolute atomic E-state index is 0.648. The van der Waals surface area contributed by atoms with Gasteiger partial charge < -0.3 is 20.1 Å². The number of carboxylic acid groups (broad SMARTS) is 1. The fraction of sp³-hybridized carbons (Fsp3) is 0.308. The SMILES string of the molecule is O=C(O)/C=C\[C@@H]1O[C@H](c2ccccc2)[C@@H](O)[C@@H]1O. The molecular formula is C13H14O5. The van der Waals surface area contributed by atoms with E-state index in [1.807, 2.05) is 6.07 Å². The van der Waals surface area contributed by atoms with Crippen molar-refractivity contribution in [1.29, 1.82) is 0 Å². The molecule has 0 radical (unpaired) electrons. The Morgan fingerprint density at radius 1 is 1.17 bits per heavy atom. The van der Waals surface area contributed by atoms with Gasteiger partial charge >= 0.3 is 5.97 Å². The molecule has 1 aliphatic rings. The van der Waals surface area contributed by atoms with Gasteiger partial charge in [-0.25, -0.2) is 4.79 Å². The molecule has 0 aromatic heterocycles. The molecule has 0 unspecified atom stereocenters. The molecule has 1 aromatic rings. The van der Waals surface area contributed by atoms with Crippen molar-refractivity contribution in [3.05, 3.63) is 48.0 Å². The van der Waals surface area contributed by atoms with E-state index >= 15 is 0 Å². The number of carbonyl (C=O) groups is 1. The van der Waals surface area contributed by atoms with Crippen molar-refractivity contribution in [1.82, 2.24) is 0 Å². The number of aliphatic hydroxyl groups excluding tert-OH is 2. The Morgan fingerprint density at radius 2 is 1.83 bits per heavy atom. The molecule has 18 heavy (non-hydrogen) atoms. The van der Waals surface area contributed by atoms with Crippen molar-refractivity contribution in [3.63, 3.8) is 0 Å². The molecule has 0 amide bonds. The summed E-state index contributed by atoms with van der Waals surface area (Å²) in [6.07, 6.45) is -1.54. The molecule has 0 saturated carbocycles. The molecule has 5 nitrogen and oxygen atoms in total. The van der Waals surface area contributed by atoms with Crippen molar-refractivity contribution in [3.8, 4) is 0 Å². The molecule has 1 saturated heterocycles. The maximum Gasteiger partial charge on any atom is 0.328 e. The van der Waals surface area contributed by atoms with Gasteiger partial charge in [-0.05, 0) is 11.6 Å². The summed E-state index contributed by atoms with van der Waals surface area (Å²) < 4.78 is 5.47. The molecule has 1 fully saturated rings. The largest absolute Gasteiger partial charge is 0.478 e. The van der Waals surface area contributed by atoms with Crippen LogP contribution in [0.5, 0.6) is 0 Å². The lowest BCUT2D eigenvalue weighted by Crippen LogP contribution is -2.29. The Morgan fingerprint density at radius 3 is 2.44 bits per heavy atom. The summed E-state index contributed by atoms with van der Waals surface area (Å²) in [5, 5.41) is 28.2. The first-order valence-electron chi connectivity index (χ1n) is 5.57. The van der Waals surface area contributed by atoms with Crippen LogP contribution in [0.2, 0.25) is 0 Å². The van der Waals surface area contributed by atoms with Crippen molar-refractivity contribution >= 4 is 5.97 Å². The molecular weight excluding hydrogens is 236 g/mol. The van der Waals surface area contributed by atoms with E-state index in [1.165, 1.54) is 6.08 Å². The molecule has 96 valence electrons. The first kappa shape index (κ1) is 12.8. The van der Waals surface area contributed by atoms with Crippen LogP contribution in [-0.2, 0) is 9.53 Å². The molecule has 1 aromatic carbocycles. The Labute approximate surface area is 104 Å². The van der Waals surface area contributed by atoms with E-state index in [1.54, 1.807) is 24.3 Å². The Balaban J connectivity index is 2.15. The highest BCUT2D eigenvalue weighted by molar-refractivity contribution is 5.79. The number of benzene rings is 1. The number of aliphatic carboxylic acids is 1. The number of rotatable bonds is 3. The third-order valence-electron chi connectivity index (χ3n) is 2.86. The highest BCUT2D eigenvalue weighted by atomic mass is 16.5. The van der Waals surface area contributed by atoms with Gasteiger partial charge in [-0.15, -0.1) is 0 Å². The van der Waals surface area contributed by atoms with E-state index in [-0.39, 0.29) is 0 Å². The van der Waals surface area contributed by atoms with Crippen LogP contribution < -0.4 is 0 Å². The molecule has 0 bridgehead atoms. The van der Waals surface area contributed by atoms with Crippen LogP contribution in [0, 0.1) is 0 Å². The highest BCUT2D eigenvalue weighted by Gasteiger charge is 2.42. The van der Waals surface area contributed by atoms with Crippen LogP contribution in [0.4, 0.5) is 0 Å². The highest BCUT2D eigenvalue weighted by Crippen LogP contribution is 2.33. The predicted molar refractivity (Wildman–Crippen MR) is 62.8 cm³/mol. The summed E-state index contributed by atoms with van der Waals surface area (Å²) in [6.45, 7) is 0. The lowest BCUT2D eigenvalue weighted by atomic mass is 10.0. The molecule has 2 rings (SSSR count). The van der Waals surface area contributed by atoms with Crippen molar-refractivity contribution < 1.29 is 24.9 Å². The summed E-state index contributed by atoms with van der Waals surface area (Å²) in [4.78, 5) is 10.4. The summed E-state index contributed by atoms with van der Waals surface area (Å²) in [7, 11) is 0. The normalized spacial score (nSPS) is 31.9. The zero-order valence-corrected chi connectivity index (χ0v) is 9.51. The number of carboxylic acids is 1. The second kappa shape index (κ2) is 5.30. The third-order valence-corrected chi connectivity index (χ3v) is 2.86. The second-order valence-corrected chi connectivity index (χ2v) is 4.11. The molecule has 1 aliphatic heterocycles. The number of ether oxygens (including phenoxy) is 1. The van der Waals surface area contributed by atoms with Crippen LogP contribution in [0.1, 0.15) is 11.7 Å². The van der Waals surface area contributed by atoms with Crippen LogP contribution in [0.3, 0.4) is 0 Å². The second-order valence-electron chi connectivity index (χ2n) is 4.11. The summed E-state index contributed by atoms with van der Waals surface area (Å²) in [5.74, 6) is -1.12. The summed E-state index contributed by atoms with van der Waals surface area (Å²) in [5.41, 5.74) is 0.746. The Bertz CT molecular complexity index is 442. The predicted octanol–water partition coefficient (Wildman–Crippen LogP) is 0.489. The van der Waals surface area contributed by atoms with Crippen molar-refractivity contribution in [2.24, 2.45) is 0 Å². The maximum absolute atomic E-state index is 10.4. The van der Waals surface area contributed by atoms with Gasteiger partial charge in [0.1, 0.15) is 24.4 Å². The van der Waals surface area contributed by atoms with Crippen LogP contribution >= 0.6 is 0 Å². The van der Waals surface area contributed by atoms with Crippen LogP contribution in [0.15, 0.2) is 42.5 Å². The van der Waals surface area contributed by atoms with Gasteiger partial charge in [0.15, 0.2) is 0 Å². The van der Waals surface area contributed by atoms with E-state index in [0.717, 1.165) is 11.6 Å². The number of hydrogen-bond acceptors (Lipinski definition) is 4. The van der Waals surface area contributed by atoms with Gasteiger partial charge in [0.25, 0.3) is 0 Å². The van der Waals surface area contributed by atoms with E-state index in [0.29, 0.717) is 0 Å². The summed E-state index contributed by atoms with van der Waals surface area (Å²) >= 11 is 0. The van der Waals surface area contributed by atoms with Crippen LogP contribution in [0.25, 0.3) is 0 Å². The molecule has 3 N–H and O–H groups in total. The third kappa shape index (κ3) is 2.59. The monoisotopic (exact) mass is 250 g/mol. The smallest absolute Gasteiger partial charge is 0.328 e. The number of hydrogen-bond donors (Lipinski definition) is 3. The van der Waals surface area contributed by atoms with Gasteiger partial charge in [0, 0.05) is 6.08 Å². The topological polar surface area (TPSA) is 87.0 Å². The van der Waals surface area contributed by atoms with Crippen molar-refractivity contribution in [2.45, 2.75) is 24.4 Å². The zero-order valence-electron chi connectivity index (χ0n) is 9.51. The molecule has 0 spiro atoms. The van der Waals surface area contributed by atoms with Crippen LogP contribution in [-0.4, -0.2) is 39.6 Å². The van der Waals surface area contributed by atoms with E-state index in [2.05, 4.69) is 0 Å². The minimum atomic E-state index is -1.13. The van der Waals surface area contributed by atoms with Gasteiger partial charge in [-0.2, -0.15) is 0 Å². The molecule has 5 heteroatoms. The molecule has 4 atom stereocenters. The zero-order chi connectivity index (χ0) is 13.1. The van der Waals surface area contributed by atoms with Gasteiger partial charge in [0.2, 0.25) is 0 Å². The first-order chi connectivity index (χ1) is 8.59. The fourth-order valence-electron chi connectivity index (χ4n) is 1.96. The van der Waals surface area contributed by atoms with E-state index in [9.17, 15) is 15.0 Å². The molecule has 0 aliphatic carbocycles. The van der Waals surface area contributed by atoms with Gasteiger partial charge in [0.05, 0.1) is 0 Å².